The number of aliphatic imine (C=N–C) groups is 1. The maximum atomic E-state index is 12.4. The highest BCUT2D eigenvalue weighted by Gasteiger charge is 2.26. The maximum Gasteiger partial charge on any atom is 0.327 e. The fraction of sp³-hybridized carbons (Fsp3) is 0.118. The minimum absolute atomic E-state index is 0.201. The number of hydrogen-bond donors (Lipinski definition) is 2. The molecule has 1 saturated heterocycles. The number of anilines is 2. The predicted molar refractivity (Wildman–Crippen MR) is 105 cm³/mol. The minimum atomic E-state index is -0.201. The van der Waals surface area contributed by atoms with Gasteiger partial charge in [-0.2, -0.15) is 4.99 Å². The van der Waals surface area contributed by atoms with Crippen LogP contribution in [0.3, 0.4) is 0 Å². The molecule has 3 rings (SSSR count). The Balaban J connectivity index is 1.66. The molecule has 1 fully saturated rings. The summed E-state index contributed by atoms with van der Waals surface area (Å²) in [6.07, 6.45) is 0. The molecule has 0 unspecified atom stereocenters. The van der Waals surface area contributed by atoms with Crippen LogP contribution in [0.1, 0.15) is 0 Å². The third kappa shape index (κ3) is 4.33. The summed E-state index contributed by atoms with van der Waals surface area (Å²) < 4.78 is 0. The topological polar surface area (TPSA) is 56.7 Å². The van der Waals surface area contributed by atoms with E-state index >= 15 is 0 Å². The van der Waals surface area contributed by atoms with Crippen molar-refractivity contribution in [2.24, 2.45) is 4.99 Å². The number of carbonyl (C=O) groups excluding carboxylic acids is 1. The fourth-order valence-electron chi connectivity index (χ4n) is 2.16. The van der Waals surface area contributed by atoms with Crippen molar-refractivity contribution < 1.29 is 4.79 Å². The van der Waals surface area contributed by atoms with Gasteiger partial charge >= 0.3 is 6.03 Å². The molecular weight excluding hydrogens is 340 g/mol. The van der Waals surface area contributed by atoms with E-state index in [0.29, 0.717) is 16.8 Å². The van der Waals surface area contributed by atoms with E-state index in [1.807, 2.05) is 60.7 Å². The number of hydrogen-bond acceptors (Lipinski definition) is 3. The highest BCUT2D eigenvalue weighted by Crippen LogP contribution is 2.20. The number of para-hydroxylation sites is 2. The molecule has 0 atom stereocenters. The van der Waals surface area contributed by atoms with Crippen LogP contribution >= 0.6 is 24.0 Å². The summed E-state index contributed by atoms with van der Waals surface area (Å²) >= 11 is 6.79. The lowest BCUT2D eigenvalue weighted by molar-refractivity contribution is 0.236. The molecule has 0 radical (unpaired) electrons. The molecule has 2 aromatic carbocycles. The van der Waals surface area contributed by atoms with E-state index in [1.165, 1.54) is 11.8 Å². The molecule has 122 valence electrons. The smallest absolute Gasteiger partial charge is 0.327 e. The zero-order valence-electron chi connectivity index (χ0n) is 12.8. The molecule has 0 saturated carbocycles. The average molecular weight is 356 g/mol. The van der Waals surface area contributed by atoms with Crippen LogP contribution in [-0.4, -0.2) is 33.5 Å². The van der Waals surface area contributed by atoms with Crippen molar-refractivity contribution in [1.82, 2.24) is 4.90 Å². The Morgan fingerprint density at radius 1 is 1.00 bits per heavy atom. The zero-order valence-corrected chi connectivity index (χ0v) is 14.4. The Hall–Kier alpha value is -2.38. The zero-order chi connectivity index (χ0) is 16.8. The van der Waals surface area contributed by atoms with E-state index in [2.05, 4.69) is 15.6 Å². The Bertz CT molecular complexity index is 750. The van der Waals surface area contributed by atoms with E-state index in [9.17, 15) is 4.79 Å². The molecule has 2 N–H and O–H groups in total. The molecule has 1 aliphatic heterocycles. The molecule has 24 heavy (non-hydrogen) atoms. The van der Waals surface area contributed by atoms with Gasteiger partial charge < -0.3 is 10.6 Å². The van der Waals surface area contributed by atoms with E-state index in [-0.39, 0.29) is 6.03 Å². The molecule has 0 aliphatic carbocycles. The van der Waals surface area contributed by atoms with Crippen LogP contribution in [-0.2, 0) is 0 Å². The Labute approximate surface area is 150 Å². The highest BCUT2D eigenvalue weighted by atomic mass is 32.2. The first-order valence-corrected chi connectivity index (χ1v) is 8.83. The maximum absolute atomic E-state index is 12.4. The Morgan fingerprint density at radius 3 is 2.21 bits per heavy atom. The van der Waals surface area contributed by atoms with Crippen LogP contribution in [0.2, 0.25) is 0 Å². The standard InChI is InChI=1S/C17H16N4OS2/c22-16(19-14-9-5-2-6-10-14)21-11-12-24-17(21)20-15(23)18-13-7-3-1-4-8-13/h1-10H,11-12H2,(H,18,23)(H,19,22)/b20-17-. The summed E-state index contributed by atoms with van der Waals surface area (Å²) in [4.78, 5) is 18.4. The Morgan fingerprint density at radius 2 is 1.58 bits per heavy atom. The lowest BCUT2D eigenvalue weighted by Crippen LogP contribution is -2.36. The van der Waals surface area contributed by atoms with Crippen LogP contribution in [0.4, 0.5) is 16.2 Å². The first-order valence-electron chi connectivity index (χ1n) is 7.43. The number of nitrogens with one attached hydrogen (secondary N) is 2. The van der Waals surface area contributed by atoms with Crippen LogP contribution < -0.4 is 10.6 Å². The van der Waals surface area contributed by atoms with E-state index in [0.717, 1.165) is 17.1 Å². The van der Waals surface area contributed by atoms with Gasteiger partial charge in [-0.3, -0.25) is 4.90 Å². The van der Waals surface area contributed by atoms with Gasteiger partial charge in [0.2, 0.25) is 0 Å². The van der Waals surface area contributed by atoms with Crippen molar-refractivity contribution >= 4 is 51.7 Å². The van der Waals surface area contributed by atoms with Gasteiger partial charge in [0, 0.05) is 23.7 Å². The number of carbonyl (C=O) groups is 1. The largest absolute Gasteiger partial charge is 0.331 e. The lowest BCUT2D eigenvalue weighted by Gasteiger charge is -2.17. The molecule has 2 amide bonds. The molecule has 2 aromatic rings. The van der Waals surface area contributed by atoms with Crippen LogP contribution in [0.25, 0.3) is 0 Å². The van der Waals surface area contributed by atoms with Crippen molar-refractivity contribution in [3.05, 3.63) is 60.7 Å². The van der Waals surface area contributed by atoms with Crippen molar-refractivity contribution in [1.29, 1.82) is 0 Å². The monoisotopic (exact) mass is 356 g/mol. The van der Waals surface area contributed by atoms with Gasteiger partial charge in [0.05, 0.1) is 0 Å². The minimum Gasteiger partial charge on any atom is -0.331 e. The van der Waals surface area contributed by atoms with Crippen molar-refractivity contribution in [2.75, 3.05) is 22.9 Å². The van der Waals surface area contributed by atoms with Gasteiger partial charge in [0.1, 0.15) is 0 Å². The predicted octanol–water partition coefficient (Wildman–Crippen LogP) is 4.02. The number of rotatable bonds is 2. The summed E-state index contributed by atoms with van der Waals surface area (Å²) in [6, 6.07) is 18.7. The third-order valence-electron chi connectivity index (χ3n) is 3.27. The van der Waals surface area contributed by atoms with Gasteiger partial charge in [-0.15, -0.1) is 0 Å². The third-order valence-corrected chi connectivity index (χ3v) is 4.42. The fourth-order valence-corrected chi connectivity index (χ4v) is 3.36. The summed E-state index contributed by atoms with van der Waals surface area (Å²) in [5.74, 6) is 0.801. The number of urea groups is 1. The van der Waals surface area contributed by atoms with E-state index in [4.69, 9.17) is 12.2 Å². The summed E-state index contributed by atoms with van der Waals surface area (Å²) in [5, 5.41) is 6.86. The number of thioether (sulfide) groups is 1. The van der Waals surface area contributed by atoms with Crippen molar-refractivity contribution in [2.45, 2.75) is 0 Å². The van der Waals surface area contributed by atoms with Crippen LogP contribution in [0.5, 0.6) is 0 Å². The van der Waals surface area contributed by atoms with Crippen LogP contribution in [0, 0.1) is 0 Å². The van der Waals surface area contributed by atoms with E-state index in [1.54, 1.807) is 4.90 Å². The first-order chi connectivity index (χ1) is 11.7. The van der Waals surface area contributed by atoms with Gasteiger partial charge in [-0.1, -0.05) is 48.2 Å². The number of amidine groups is 1. The quantitative estimate of drug-likeness (QED) is 0.798. The summed E-state index contributed by atoms with van der Waals surface area (Å²) in [7, 11) is 0. The second-order valence-corrected chi connectivity index (χ2v) is 6.44. The second-order valence-electron chi connectivity index (χ2n) is 4.99. The van der Waals surface area contributed by atoms with Crippen molar-refractivity contribution in [3.63, 3.8) is 0 Å². The highest BCUT2D eigenvalue weighted by molar-refractivity contribution is 8.14. The molecule has 0 spiro atoms. The van der Waals surface area contributed by atoms with Crippen LogP contribution in [0.15, 0.2) is 65.7 Å². The molecule has 1 aliphatic rings. The first kappa shape index (κ1) is 16.5. The summed E-state index contributed by atoms with van der Waals surface area (Å²) in [5.41, 5.74) is 1.62. The SMILES string of the molecule is O=C(Nc1ccccc1)N1CCS/C1=N\C(=S)Nc1ccccc1. The number of amides is 2. The molecule has 5 nitrogen and oxygen atoms in total. The molecule has 1 heterocycles. The van der Waals surface area contributed by atoms with Crippen molar-refractivity contribution in [3.8, 4) is 0 Å². The Kier molecular flexibility index (Phi) is 5.45. The molecule has 7 heteroatoms. The molecule has 0 bridgehead atoms. The molecular formula is C17H16N4OS2. The summed E-state index contributed by atoms with van der Waals surface area (Å²) in [6.45, 7) is 0.607. The number of nitrogens with zero attached hydrogens (tertiary/aromatic N) is 2. The number of thiocarbonyl (C=S) groups is 1. The van der Waals surface area contributed by atoms with Gasteiger partial charge in [-0.25, -0.2) is 4.79 Å². The normalized spacial score (nSPS) is 15.3. The average Bonchev–Trinajstić information content (AvgIpc) is 3.04. The number of benzene rings is 2. The second kappa shape index (κ2) is 7.94. The van der Waals surface area contributed by atoms with Gasteiger partial charge in [0.15, 0.2) is 10.3 Å². The van der Waals surface area contributed by atoms with E-state index < -0.39 is 0 Å². The van der Waals surface area contributed by atoms with Gasteiger partial charge in [-0.05, 0) is 36.5 Å². The molecule has 0 aromatic heterocycles. The van der Waals surface area contributed by atoms with Gasteiger partial charge in [0.25, 0.3) is 0 Å². The lowest BCUT2D eigenvalue weighted by atomic mass is 10.3.